The largest absolute Gasteiger partial charge is 0.418 e. The molecule has 1 aliphatic heterocycles. The lowest BCUT2D eigenvalue weighted by atomic mass is 9.83. The van der Waals surface area contributed by atoms with Crippen molar-refractivity contribution < 1.29 is 9.21 Å². The van der Waals surface area contributed by atoms with E-state index < -0.39 is 11.8 Å². The third-order valence-electron chi connectivity index (χ3n) is 6.43. The summed E-state index contributed by atoms with van der Waals surface area (Å²) in [5.41, 5.74) is 1.57. The van der Waals surface area contributed by atoms with Crippen LogP contribution < -0.4 is 21.9 Å². The Kier molecular flexibility index (Phi) is 8.98. The van der Waals surface area contributed by atoms with Gasteiger partial charge in [0.05, 0.1) is 11.5 Å². The van der Waals surface area contributed by atoms with Crippen molar-refractivity contribution in [3.8, 4) is 6.07 Å². The minimum Gasteiger partial charge on any atom is -0.409 e. The molecule has 188 valence electrons. The molecule has 3 N–H and O–H groups in total. The number of hydrogen-bond donors (Lipinski definition) is 3. The molecule has 8 nitrogen and oxygen atoms in total. The predicted molar refractivity (Wildman–Crippen MR) is 141 cm³/mol. The summed E-state index contributed by atoms with van der Waals surface area (Å²) in [5.74, 6) is 0.420. The van der Waals surface area contributed by atoms with Crippen LogP contribution in [-0.2, 0) is 10.5 Å². The standard InChI is InChI=1S/C27H31N5O3S/c28-15-7-6-12-27(13-16-29-17-14-27)32-25(33)22(19-36-18-20-8-2-1-3-9-20)30-24-21-10-4-5-11-23(21)35-26(34)31-24/h1-5,8-11,22,29H,6-7,12-14,16-19H2,(H,32,33)(H,30,31,34). The number of carbonyl (C=O) groups excluding carboxylic acids is 1. The van der Waals surface area contributed by atoms with Crippen LogP contribution in [0.1, 0.15) is 37.7 Å². The smallest absolute Gasteiger partial charge is 0.409 e. The SMILES string of the molecule is N#CCCCC1(NC(=O)C(CSCc2ccccc2)N=c2[nH]c(=O)oc3ccccc23)CCNCC1. The molecule has 1 saturated heterocycles. The average Bonchev–Trinajstić information content (AvgIpc) is 2.89. The van der Waals surface area contributed by atoms with Gasteiger partial charge in [0.25, 0.3) is 0 Å². The maximum Gasteiger partial charge on any atom is 0.418 e. The highest BCUT2D eigenvalue weighted by Crippen LogP contribution is 2.26. The Hall–Kier alpha value is -3.35. The van der Waals surface area contributed by atoms with E-state index >= 15 is 0 Å². The lowest BCUT2D eigenvalue weighted by Crippen LogP contribution is -2.56. The van der Waals surface area contributed by atoms with E-state index in [0.29, 0.717) is 28.6 Å². The summed E-state index contributed by atoms with van der Waals surface area (Å²) in [6.07, 6.45) is 3.56. The van der Waals surface area contributed by atoms with Crippen molar-refractivity contribution in [2.75, 3.05) is 18.8 Å². The molecule has 1 aromatic heterocycles. The number of carbonyl (C=O) groups is 1. The summed E-state index contributed by atoms with van der Waals surface area (Å²) in [6.45, 7) is 1.63. The number of para-hydroxylation sites is 1. The van der Waals surface area contributed by atoms with Crippen LogP contribution >= 0.6 is 11.8 Å². The molecule has 9 heteroatoms. The first-order valence-electron chi connectivity index (χ1n) is 12.3. The zero-order chi connectivity index (χ0) is 25.2. The Balaban J connectivity index is 1.62. The van der Waals surface area contributed by atoms with Crippen LogP contribution in [0.5, 0.6) is 0 Å². The Morgan fingerprint density at radius 3 is 2.69 bits per heavy atom. The van der Waals surface area contributed by atoms with Gasteiger partial charge in [-0.05, 0) is 56.5 Å². The van der Waals surface area contributed by atoms with E-state index in [9.17, 15) is 9.59 Å². The highest BCUT2D eigenvalue weighted by molar-refractivity contribution is 7.98. The lowest BCUT2D eigenvalue weighted by molar-refractivity contribution is -0.124. The summed E-state index contributed by atoms with van der Waals surface area (Å²) < 4.78 is 5.27. The summed E-state index contributed by atoms with van der Waals surface area (Å²) in [7, 11) is 0. The molecule has 0 radical (unpaired) electrons. The molecular weight excluding hydrogens is 474 g/mol. The topological polar surface area (TPSA) is 123 Å². The number of rotatable bonds is 10. The summed E-state index contributed by atoms with van der Waals surface area (Å²) in [6, 6.07) is 18.7. The van der Waals surface area contributed by atoms with E-state index in [1.807, 2.05) is 30.3 Å². The molecule has 4 rings (SSSR count). The van der Waals surface area contributed by atoms with Crippen LogP contribution in [-0.4, -0.2) is 41.3 Å². The zero-order valence-corrected chi connectivity index (χ0v) is 21.0. The molecule has 0 saturated carbocycles. The van der Waals surface area contributed by atoms with Crippen molar-refractivity contribution in [3.63, 3.8) is 0 Å². The molecule has 1 aliphatic rings. The predicted octanol–water partition coefficient (Wildman–Crippen LogP) is 3.26. The molecule has 36 heavy (non-hydrogen) atoms. The summed E-state index contributed by atoms with van der Waals surface area (Å²) in [4.78, 5) is 33.3. The fourth-order valence-electron chi connectivity index (χ4n) is 4.53. The quantitative estimate of drug-likeness (QED) is 0.364. The van der Waals surface area contributed by atoms with Gasteiger partial charge in [-0.1, -0.05) is 42.5 Å². The van der Waals surface area contributed by atoms with Crippen LogP contribution in [0.2, 0.25) is 0 Å². The number of nitriles is 1. The van der Waals surface area contributed by atoms with Crippen LogP contribution in [0, 0.1) is 11.3 Å². The van der Waals surface area contributed by atoms with Gasteiger partial charge >= 0.3 is 5.76 Å². The molecule has 0 bridgehead atoms. The second-order valence-electron chi connectivity index (χ2n) is 9.04. The van der Waals surface area contributed by atoms with E-state index in [-0.39, 0.29) is 11.4 Å². The number of aromatic nitrogens is 1. The molecule has 0 aliphatic carbocycles. The normalized spacial score (nSPS) is 16.4. The van der Waals surface area contributed by atoms with Crippen molar-refractivity contribution in [2.24, 2.45) is 4.99 Å². The number of thioether (sulfide) groups is 1. The number of unbranched alkanes of at least 4 members (excludes halogenated alkanes) is 1. The summed E-state index contributed by atoms with van der Waals surface area (Å²) in [5, 5.41) is 16.3. The average molecular weight is 506 g/mol. The number of benzene rings is 2. The number of H-pyrrole nitrogens is 1. The van der Waals surface area contributed by atoms with Crippen LogP contribution in [0.3, 0.4) is 0 Å². The number of nitrogens with one attached hydrogen (secondary N) is 3. The van der Waals surface area contributed by atoms with E-state index in [4.69, 9.17) is 14.7 Å². The Labute approximate surface area is 214 Å². The second-order valence-corrected chi connectivity index (χ2v) is 10.1. The molecule has 2 heterocycles. The number of hydrogen-bond acceptors (Lipinski definition) is 7. The molecular formula is C27H31N5O3S. The number of amides is 1. The van der Waals surface area contributed by atoms with E-state index in [0.717, 1.165) is 44.5 Å². The van der Waals surface area contributed by atoms with Crippen molar-refractivity contribution in [1.29, 1.82) is 5.26 Å². The number of aromatic amines is 1. The molecule has 3 aromatic rings. The van der Waals surface area contributed by atoms with Gasteiger partial charge in [0.2, 0.25) is 5.91 Å². The first kappa shape index (κ1) is 25.7. The van der Waals surface area contributed by atoms with E-state index in [1.165, 1.54) is 5.56 Å². The van der Waals surface area contributed by atoms with Gasteiger partial charge in [0, 0.05) is 23.5 Å². The van der Waals surface area contributed by atoms with Gasteiger partial charge in [0.15, 0.2) is 0 Å². The van der Waals surface area contributed by atoms with Gasteiger partial charge in [-0.3, -0.25) is 14.8 Å². The molecule has 1 amide bonds. The van der Waals surface area contributed by atoms with E-state index in [2.05, 4.69) is 33.8 Å². The number of piperidine rings is 1. The van der Waals surface area contributed by atoms with Crippen molar-refractivity contribution >= 4 is 28.6 Å². The number of fused-ring (bicyclic) bond motifs is 1. The van der Waals surface area contributed by atoms with Gasteiger partial charge in [-0.2, -0.15) is 17.0 Å². The van der Waals surface area contributed by atoms with Gasteiger partial charge in [0.1, 0.15) is 17.1 Å². The van der Waals surface area contributed by atoms with Crippen LogP contribution in [0.15, 0.2) is 68.8 Å². The fourth-order valence-corrected chi connectivity index (χ4v) is 5.52. The molecule has 1 atom stereocenters. The third kappa shape index (κ3) is 6.86. The minimum absolute atomic E-state index is 0.167. The summed E-state index contributed by atoms with van der Waals surface area (Å²) >= 11 is 1.63. The van der Waals surface area contributed by atoms with E-state index in [1.54, 1.807) is 23.9 Å². The number of nitrogens with zero attached hydrogens (tertiary/aromatic N) is 2. The highest BCUT2D eigenvalue weighted by Gasteiger charge is 2.35. The molecule has 1 unspecified atom stereocenters. The second kappa shape index (κ2) is 12.6. The fraction of sp³-hybridized carbons (Fsp3) is 0.407. The molecule has 1 fully saturated rings. The monoisotopic (exact) mass is 505 g/mol. The minimum atomic E-state index is -0.706. The van der Waals surface area contributed by atoms with Gasteiger partial charge < -0.3 is 15.1 Å². The first-order chi connectivity index (χ1) is 17.6. The lowest BCUT2D eigenvalue weighted by Gasteiger charge is -2.39. The maximum atomic E-state index is 13.7. The Morgan fingerprint density at radius 2 is 1.92 bits per heavy atom. The van der Waals surface area contributed by atoms with Crippen molar-refractivity contribution in [3.05, 3.63) is 76.2 Å². The van der Waals surface area contributed by atoms with Gasteiger partial charge in [-0.15, -0.1) is 0 Å². The molecule has 2 aromatic carbocycles. The Bertz CT molecular complexity index is 1320. The van der Waals surface area contributed by atoms with Crippen LogP contribution in [0.25, 0.3) is 11.0 Å². The van der Waals surface area contributed by atoms with Crippen LogP contribution in [0.4, 0.5) is 0 Å². The highest BCUT2D eigenvalue weighted by atomic mass is 32.2. The zero-order valence-electron chi connectivity index (χ0n) is 20.2. The molecule has 0 spiro atoms. The maximum absolute atomic E-state index is 13.7. The first-order valence-corrected chi connectivity index (χ1v) is 13.4. The Morgan fingerprint density at radius 1 is 1.17 bits per heavy atom. The van der Waals surface area contributed by atoms with Gasteiger partial charge in [-0.25, -0.2) is 4.79 Å². The van der Waals surface area contributed by atoms with Crippen molar-refractivity contribution in [1.82, 2.24) is 15.6 Å². The van der Waals surface area contributed by atoms with Crippen molar-refractivity contribution in [2.45, 2.75) is 49.4 Å². The third-order valence-corrected chi connectivity index (χ3v) is 7.52.